The minimum Gasteiger partial charge on any atom is -0.508 e. The Kier molecular flexibility index (Phi) is 10.0. The van der Waals surface area contributed by atoms with Crippen LogP contribution in [0.3, 0.4) is 0 Å². The maximum Gasteiger partial charge on any atom is 0.255 e. The molecule has 8 N–H and O–H groups in total. The minimum atomic E-state index is -2.70. The Morgan fingerprint density at radius 2 is 1.80 bits per heavy atom. The Morgan fingerprint density at radius 1 is 1.15 bits per heavy atom. The molecule has 0 radical (unpaired) electrons. The lowest BCUT2D eigenvalue weighted by molar-refractivity contribution is -0.153. The molecule has 220 valence electrons. The van der Waals surface area contributed by atoms with Crippen molar-refractivity contribution in [1.29, 1.82) is 0 Å². The van der Waals surface area contributed by atoms with Gasteiger partial charge >= 0.3 is 0 Å². The van der Waals surface area contributed by atoms with Gasteiger partial charge in [-0.05, 0) is 57.5 Å². The summed E-state index contributed by atoms with van der Waals surface area (Å²) in [6.07, 6.45) is 1.01. The van der Waals surface area contributed by atoms with Crippen molar-refractivity contribution in [1.82, 2.24) is 10.2 Å². The number of halogens is 2. The first-order valence-corrected chi connectivity index (χ1v) is 12.4. The van der Waals surface area contributed by atoms with Crippen LogP contribution < -0.4 is 16.4 Å². The Morgan fingerprint density at radius 3 is 2.38 bits per heavy atom. The molecular formula is C26H34Cl2N4O8. The van der Waals surface area contributed by atoms with E-state index >= 15 is 0 Å². The number of hydrogen-bond acceptors (Lipinski definition) is 10. The molecule has 3 aliphatic carbocycles. The summed E-state index contributed by atoms with van der Waals surface area (Å²) in [4.78, 5) is 52.6. The van der Waals surface area contributed by atoms with Gasteiger partial charge in [-0.1, -0.05) is 13.0 Å². The molecular weight excluding hydrogens is 567 g/mol. The van der Waals surface area contributed by atoms with Crippen molar-refractivity contribution < 1.29 is 39.6 Å². The van der Waals surface area contributed by atoms with Crippen LogP contribution in [0.1, 0.15) is 30.9 Å². The zero-order chi connectivity index (χ0) is 28.1. The quantitative estimate of drug-likeness (QED) is 0.133. The number of primary amides is 1. The highest BCUT2D eigenvalue weighted by Gasteiger charge is 2.64. The minimum absolute atomic E-state index is 0. The normalized spacial score (nSPS) is 25.4. The number of Topliss-reactive ketones (excluding diaryl/α,β-unsaturated/α-hetero) is 2. The number of hydrogen-bond donors (Lipinski definition) is 7. The molecule has 2 amide bonds. The maximum absolute atomic E-state index is 13.8. The second kappa shape index (κ2) is 12.1. The fourth-order valence-corrected chi connectivity index (χ4v) is 5.89. The summed E-state index contributed by atoms with van der Waals surface area (Å²) in [6, 6.07) is 1.96. The zero-order valence-electron chi connectivity index (χ0n) is 22.2. The molecule has 1 aromatic rings. The van der Waals surface area contributed by atoms with Crippen molar-refractivity contribution in [2.75, 3.05) is 32.5 Å². The number of ketones is 2. The third-order valence-corrected chi connectivity index (χ3v) is 7.58. The average Bonchev–Trinajstić information content (AvgIpc) is 2.83. The Bertz CT molecular complexity index is 1310. The van der Waals surface area contributed by atoms with Gasteiger partial charge in [0.2, 0.25) is 11.7 Å². The number of rotatable bonds is 7. The largest absolute Gasteiger partial charge is 0.508 e. The molecule has 3 unspecified atom stereocenters. The van der Waals surface area contributed by atoms with Crippen molar-refractivity contribution in [3.05, 3.63) is 40.2 Å². The number of aliphatic hydroxyl groups excluding tert-OH is 2. The van der Waals surface area contributed by atoms with Gasteiger partial charge in [0.05, 0.1) is 23.8 Å². The maximum atomic E-state index is 13.8. The number of nitrogens with one attached hydrogen (secondary N) is 2. The number of likely N-dealkylation sites (N-methyl/N-ethyl adjacent to an activating group) is 1. The first-order chi connectivity index (χ1) is 17.9. The number of phenols is 1. The fraction of sp³-hybridized carbons (Fsp3) is 0.462. The lowest BCUT2D eigenvalue weighted by atomic mass is 9.57. The van der Waals surface area contributed by atoms with Crippen molar-refractivity contribution in [2.45, 2.75) is 37.8 Å². The summed E-state index contributed by atoms with van der Waals surface area (Å²) in [5.74, 6) is -7.61. The molecule has 3 aliphatic rings. The number of aromatic hydroxyl groups is 1. The Balaban J connectivity index is 0.00000280. The van der Waals surface area contributed by atoms with Crippen LogP contribution >= 0.6 is 24.8 Å². The van der Waals surface area contributed by atoms with E-state index in [0.717, 1.165) is 6.42 Å². The highest BCUT2D eigenvalue weighted by molar-refractivity contribution is 6.24. The fourth-order valence-electron chi connectivity index (χ4n) is 5.89. The molecule has 0 heterocycles. The van der Waals surface area contributed by atoms with Crippen molar-refractivity contribution in [3.8, 4) is 5.75 Å². The van der Waals surface area contributed by atoms with Crippen LogP contribution in [0.15, 0.2) is 29.0 Å². The second-order valence-electron chi connectivity index (χ2n) is 10.2. The molecule has 40 heavy (non-hydrogen) atoms. The summed E-state index contributed by atoms with van der Waals surface area (Å²) in [7, 11) is 3.08. The van der Waals surface area contributed by atoms with Crippen molar-refractivity contribution in [3.63, 3.8) is 0 Å². The predicted molar refractivity (Wildman–Crippen MR) is 151 cm³/mol. The molecule has 0 spiro atoms. The summed E-state index contributed by atoms with van der Waals surface area (Å²) >= 11 is 0. The molecule has 1 saturated carbocycles. The first-order valence-electron chi connectivity index (χ1n) is 12.4. The molecule has 1 fully saturated rings. The van der Waals surface area contributed by atoms with E-state index in [1.54, 1.807) is 20.2 Å². The van der Waals surface area contributed by atoms with Crippen LogP contribution in [-0.4, -0.2) is 87.5 Å². The van der Waals surface area contributed by atoms with E-state index in [9.17, 15) is 39.6 Å². The van der Waals surface area contributed by atoms with Gasteiger partial charge in [-0.3, -0.25) is 24.1 Å². The van der Waals surface area contributed by atoms with Gasteiger partial charge in [-0.2, -0.15) is 0 Å². The van der Waals surface area contributed by atoms with Crippen LogP contribution in [0.25, 0.3) is 5.76 Å². The van der Waals surface area contributed by atoms with Crippen LogP contribution in [-0.2, 0) is 25.6 Å². The van der Waals surface area contributed by atoms with Gasteiger partial charge < -0.3 is 36.8 Å². The van der Waals surface area contributed by atoms with Crippen molar-refractivity contribution >= 4 is 59.6 Å². The standard InChI is InChI=1S/C26H32N4O8.2ClH/c1-4-7-28-10-15(31)29-14-6-5-11-8-12-9-13-19(30(2)3)22(34)18(25(27)37)24(36)26(13,38)23(35)17(12)21(33)16(11)20(14)32;;/h5-6,12-13,19,28,32-33,36,38H,4,7-10H2,1-3H3,(H2,27,37)(H,29,31);2*1H/t12?,13?,19-,26?;;/m0../s1. The van der Waals surface area contributed by atoms with E-state index in [-0.39, 0.29) is 61.0 Å². The number of anilines is 1. The predicted octanol–water partition coefficient (Wildman–Crippen LogP) is 0.746. The van der Waals surface area contributed by atoms with Gasteiger partial charge in [0.25, 0.3) is 5.91 Å². The van der Waals surface area contributed by atoms with Gasteiger partial charge in [0.1, 0.15) is 22.8 Å². The van der Waals surface area contributed by atoms with Crippen LogP contribution in [0.2, 0.25) is 0 Å². The molecule has 0 aromatic heterocycles. The van der Waals surface area contributed by atoms with E-state index in [4.69, 9.17) is 5.73 Å². The van der Waals surface area contributed by atoms with E-state index in [1.165, 1.54) is 11.0 Å². The van der Waals surface area contributed by atoms with E-state index < -0.39 is 69.7 Å². The third kappa shape index (κ3) is 5.06. The van der Waals surface area contributed by atoms with E-state index in [0.29, 0.717) is 12.1 Å². The summed E-state index contributed by atoms with van der Waals surface area (Å²) in [6.45, 7) is 2.58. The monoisotopic (exact) mass is 600 g/mol. The highest BCUT2D eigenvalue weighted by atomic mass is 35.5. The average molecular weight is 601 g/mol. The van der Waals surface area contributed by atoms with Crippen LogP contribution in [0.4, 0.5) is 5.69 Å². The van der Waals surface area contributed by atoms with Gasteiger partial charge in [-0.25, -0.2) is 0 Å². The first kappa shape index (κ1) is 33.0. The van der Waals surface area contributed by atoms with Gasteiger partial charge in [0, 0.05) is 11.5 Å². The summed E-state index contributed by atoms with van der Waals surface area (Å²) in [5, 5.41) is 50.1. The van der Waals surface area contributed by atoms with Gasteiger partial charge in [-0.15, -0.1) is 24.8 Å². The molecule has 12 nitrogen and oxygen atoms in total. The molecule has 0 bridgehead atoms. The molecule has 1 aromatic carbocycles. The lowest BCUT2D eigenvalue weighted by Gasteiger charge is -2.50. The Labute approximate surface area is 243 Å². The molecule has 4 atom stereocenters. The topological polar surface area (TPSA) is 203 Å². The number of fused-ring (bicyclic) bond motifs is 3. The Hall–Kier alpha value is -3.16. The second-order valence-corrected chi connectivity index (χ2v) is 10.2. The van der Waals surface area contributed by atoms with Crippen LogP contribution in [0.5, 0.6) is 5.75 Å². The zero-order valence-corrected chi connectivity index (χ0v) is 23.8. The lowest BCUT2D eigenvalue weighted by Crippen LogP contribution is -2.65. The summed E-state index contributed by atoms with van der Waals surface area (Å²) < 4.78 is 0. The molecule has 14 heteroatoms. The number of benzene rings is 1. The van der Waals surface area contributed by atoms with Gasteiger partial charge in [0.15, 0.2) is 11.4 Å². The number of aliphatic hydroxyl groups is 3. The van der Waals surface area contributed by atoms with Crippen molar-refractivity contribution in [2.24, 2.45) is 17.6 Å². The number of carbonyl (C=O) groups is 4. The smallest absolute Gasteiger partial charge is 0.255 e. The number of carbonyl (C=O) groups excluding carboxylic acids is 4. The number of nitrogens with two attached hydrogens (primary N) is 1. The summed E-state index contributed by atoms with van der Waals surface area (Å²) in [5.41, 5.74) is 1.94. The third-order valence-electron chi connectivity index (χ3n) is 7.58. The number of nitrogens with zero attached hydrogens (tertiary/aromatic N) is 1. The van der Waals surface area contributed by atoms with E-state index in [2.05, 4.69) is 10.6 Å². The number of amides is 2. The van der Waals surface area contributed by atoms with Crippen LogP contribution in [0, 0.1) is 11.8 Å². The molecule has 0 saturated heterocycles. The molecule has 4 rings (SSSR count). The number of phenolic OH excluding ortho intramolecular Hbond substituents is 1. The highest BCUT2D eigenvalue weighted by Crippen LogP contribution is 2.53. The molecule has 0 aliphatic heterocycles. The van der Waals surface area contributed by atoms with E-state index in [1.807, 2.05) is 6.92 Å². The SMILES string of the molecule is CCCNCC(=O)Nc1ccc2c(c1O)C(O)=C1C(=O)C3(O)C(O)=C(C(N)=O)C(=O)[C@@H](N(C)C)C3CC1C2.Cl.Cl.